The molecular formula is C20H20N6O3. The van der Waals surface area contributed by atoms with E-state index in [9.17, 15) is 15.2 Å². The molecule has 0 bridgehead atoms. The number of β-amino-alcohol motifs (C(OH)–C–C–N with tert-alkyl or cyclic N) is 1. The molecule has 4 N–H and O–H groups in total. The molecule has 0 radical (unpaired) electrons. The van der Waals surface area contributed by atoms with E-state index < -0.39 is 4.92 Å². The van der Waals surface area contributed by atoms with Gasteiger partial charge in [0, 0.05) is 42.3 Å². The van der Waals surface area contributed by atoms with Crippen molar-refractivity contribution in [2.75, 3.05) is 29.0 Å². The maximum atomic E-state index is 11.1. The topological polar surface area (TPSA) is 130 Å². The summed E-state index contributed by atoms with van der Waals surface area (Å²) >= 11 is 0. The zero-order valence-electron chi connectivity index (χ0n) is 15.5. The summed E-state index contributed by atoms with van der Waals surface area (Å²) in [6.45, 7) is 1.48. The number of hydrogen-bond acceptors (Lipinski definition) is 8. The number of benzene rings is 2. The van der Waals surface area contributed by atoms with Gasteiger partial charge >= 0.3 is 0 Å². The van der Waals surface area contributed by atoms with Gasteiger partial charge in [-0.3, -0.25) is 10.1 Å². The van der Waals surface area contributed by atoms with Crippen LogP contribution < -0.4 is 16.0 Å². The van der Waals surface area contributed by atoms with Crippen molar-refractivity contribution in [2.24, 2.45) is 0 Å². The van der Waals surface area contributed by atoms with Gasteiger partial charge in [0.15, 0.2) is 0 Å². The third kappa shape index (κ3) is 4.09. The Morgan fingerprint density at radius 3 is 2.69 bits per heavy atom. The number of nitrogens with zero attached hydrogens (tertiary/aromatic N) is 4. The van der Waals surface area contributed by atoms with Crippen molar-refractivity contribution < 1.29 is 10.0 Å². The second-order valence-electron chi connectivity index (χ2n) is 6.86. The molecule has 1 unspecified atom stereocenters. The summed E-state index contributed by atoms with van der Waals surface area (Å²) in [6, 6.07) is 14.1. The van der Waals surface area contributed by atoms with Crippen molar-refractivity contribution in [1.82, 2.24) is 9.97 Å². The van der Waals surface area contributed by atoms with E-state index >= 15 is 0 Å². The lowest BCUT2D eigenvalue weighted by atomic mass is 10.1. The fraction of sp³-hybridized carbons (Fsp3) is 0.200. The van der Waals surface area contributed by atoms with E-state index in [4.69, 9.17) is 5.73 Å². The van der Waals surface area contributed by atoms with Gasteiger partial charge in [0.25, 0.3) is 5.69 Å². The summed E-state index contributed by atoms with van der Waals surface area (Å²) in [7, 11) is 0. The second kappa shape index (κ2) is 7.72. The van der Waals surface area contributed by atoms with E-state index in [1.165, 1.54) is 12.1 Å². The van der Waals surface area contributed by atoms with E-state index in [-0.39, 0.29) is 17.5 Å². The molecule has 4 rings (SSSR count). The van der Waals surface area contributed by atoms with Crippen molar-refractivity contribution in [3.05, 3.63) is 64.8 Å². The van der Waals surface area contributed by atoms with Gasteiger partial charge in [-0.05, 0) is 42.8 Å². The molecule has 1 aliphatic heterocycles. The Kier molecular flexibility index (Phi) is 4.96. The van der Waals surface area contributed by atoms with Crippen molar-refractivity contribution in [3.63, 3.8) is 0 Å². The Labute approximate surface area is 167 Å². The predicted molar refractivity (Wildman–Crippen MR) is 111 cm³/mol. The van der Waals surface area contributed by atoms with Gasteiger partial charge in [-0.2, -0.15) is 0 Å². The molecule has 1 atom stereocenters. The van der Waals surface area contributed by atoms with Crippen LogP contribution in [0.5, 0.6) is 0 Å². The second-order valence-corrected chi connectivity index (χ2v) is 6.86. The maximum absolute atomic E-state index is 11.1. The third-order valence-corrected chi connectivity index (χ3v) is 4.83. The Hall–Kier alpha value is -3.72. The van der Waals surface area contributed by atoms with E-state index in [0.717, 1.165) is 24.3 Å². The fourth-order valence-electron chi connectivity index (χ4n) is 3.30. The molecule has 29 heavy (non-hydrogen) atoms. The summed E-state index contributed by atoms with van der Waals surface area (Å²) in [4.78, 5) is 21.4. The highest BCUT2D eigenvalue weighted by molar-refractivity contribution is 5.71. The van der Waals surface area contributed by atoms with Crippen LogP contribution in [0.3, 0.4) is 0 Å². The highest BCUT2D eigenvalue weighted by Gasteiger charge is 2.20. The van der Waals surface area contributed by atoms with Gasteiger partial charge < -0.3 is 21.1 Å². The highest BCUT2D eigenvalue weighted by atomic mass is 16.6. The van der Waals surface area contributed by atoms with Gasteiger partial charge in [-0.1, -0.05) is 6.07 Å². The van der Waals surface area contributed by atoms with Crippen molar-refractivity contribution in [2.45, 2.75) is 12.5 Å². The Morgan fingerprint density at radius 2 is 2.00 bits per heavy atom. The number of nitro benzene ring substituents is 1. The van der Waals surface area contributed by atoms with Crippen molar-refractivity contribution >= 4 is 28.7 Å². The summed E-state index contributed by atoms with van der Waals surface area (Å²) in [6.07, 6.45) is 2.10. The van der Waals surface area contributed by atoms with Crippen LogP contribution in [0.25, 0.3) is 11.3 Å². The molecule has 3 aromatic rings. The van der Waals surface area contributed by atoms with Crippen molar-refractivity contribution in [1.29, 1.82) is 0 Å². The highest BCUT2D eigenvalue weighted by Crippen LogP contribution is 2.28. The number of nitrogen functional groups attached to an aromatic ring is 1. The lowest BCUT2D eigenvalue weighted by Crippen LogP contribution is -2.20. The molecule has 0 aliphatic carbocycles. The molecule has 2 aromatic carbocycles. The summed E-state index contributed by atoms with van der Waals surface area (Å²) in [5.74, 6) is 0.381. The zero-order chi connectivity index (χ0) is 20.4. The molecular weight excluding hydrogens is 372 g/mol. The standard InChI is InChI=1S/C20H20N6O3/c21-17-6-1-13(11-19(17)26(28)29)18-7-9-22-20(24-18)23-14-2-4-15(5-3-14)25-10-8-16(27)12-25/h1-7,9,11,16,27H,8,10,12,21H2,(H,22,23,24). The van der Waals surface area contributed by atoms with Crippen LogP contribution in [-0.4, -0.2) is 39.2 Å². The monoisotopic (exact) mass is 392 g/mol. The zero-order valence-corrected chi connectivity index (χ0v) is 15.5. The number of aliphatic hydroxyl groups excluding tert-OH is 1. The van der Waals surface area contributed by atoms with Crippen molar-refractivity contribution in [3.8, 4) is 11.3 Å². The van der Waals surface area contributed by atoms with Crippen LogP contribution in [0.1, 0.15) is 6.42 Å². The van der Waals surface area contributed by atoms with Gasteiger partial charge in [0.05, 0.1) is 16.7 Å². The number of hydrogen-bond donors (Lipinski definition) is 3. The normalized spacial score (nSPS) is 16.0. The largest absolute Gasteiger partial charge is 0.393 e. The van der Waals surface area contributed by atoms with Gasteiger partial charge in [-0.25, -0.2) is 9.97 Å². The van der Waals surface area contributed by atoms with Gasteiger partial charge in [-0.15, -0.1) is 0 Å². The first-order valence-electron chi connectivity index (χ1n) is 9.17. The average molecular weight is 392 g/mol. The maximum Gasteiger partial charge on any atom is 0.292 e. The molecule has 1 saturated heterocycles. The van der Waals surface area contributed by atoms with E-state index in [0.29, 0.717) is 23.8 Å². The van der Waals surface area contributed by atoms with Crippen LogP contribution in [0, 0.1) is 10.1 Å². The molecule has 9 heteroatoms. The molecule has 148 valence electrons. The van der Waals surface area contributed by atoms with Crippen LogP contribution in [0.2, 0.25) is 0 Å². The number of aliphatic hydroxyl groups is 1. The Bertz CT molecular complexity index is 1040. The fourth-order valence-corrected chi connectivity index (χ4v) is 3.30. The van der Waals surface area contributed by atoms with Crippen LogP contribution >= 0.6 is 0 Å². The minimum atomic E-state index is -0.514. The van der Waals surface area contributed by atoms with E-state index in [1.54, 1.807) is 18.3 Å². The van der Waals surface area contributed by atoms with Gasteiger partial charge in [0.1, 0.15) is 5.69 Å². The molecule has 0 amide bonds. The molecule has 9 nitrogen and oxygen atoms in total. The first-order valence-corrected chi connectivity index (χ1v) is 9.17. The number of rotatable bonds is 5. The van der Waals surface area contributed by atoms with Gasteiger partial charge in [0.2, 0.25) is 5.95 Å². The van der Waals surface area contributed by atoms with E-state index in [1.807, 2.05) is 24.3 Å². The molecule has 2 heterocycles. The quantitative estimate of drug-likeness (QED) is 0.343. The van der Waals surface area contributed by atoms with E-state index in [2.05, 4.69) is 20.2 Å². The lowest BCUT2D eigenvalue weighted by molar-refractivity contribution is -0.383. The SMILES string of the molecule is Nc1ccc(-c2ccnc(Nc3ccc(N4CCC(O)C4)cc3)n2)cc1[N+](=O)[O-]. The smallest absolute Gasteiger partial charge is 0.292 e. The Balaban J connectivity index is 1.52. The first kappa shape index (κ1) is 18.6. The number of nitro groups is 1. The molecule has 1 aromatic heterocycles. The first-order chi connectivity index (χ1) is 14.0. The minimum Gasteiger partial charge on any atom is -0.393 e. The average Bonchev–Trinajstić information content (AvgIpc) is 3.15. The minimum absolute atomic E-state index is 0.108. The molecule has 0 spiro atoms. The molecule has 1 aliphatic rings. The summed E-state index contributed by atoms with van der Waals surface area (Å²) < 4.78 is 0. The number of nitrogens with two attached hydrogens (primary N) is 1. The number of anilines is 4. The molecule has 0 saturated carbocycles. The lowest BCUT2D eigenvalue weighted by Gasteiger charge is -2.18. The summed E-state index contributed by atoms with van der Waals surface area (Å²) in [5, 5.41) is 23.9. The third-order valence-electron chi connectivity index (χ3n) is 4.83. The number of aromatic nitrogens is 2. The number of nitrogens with one attached hydrogen (secondary N) is 1. The summed E-state index contributed by atoms with van der Waals surface area (Å²) in [5.41, 5.74) is 8.61. The Morgan fingerprint density at radius 1 is 1.21 bits per heavy atom. The molecule has 1 fully saturated rings. The predicted octanol–water partition coefficient (Wildman–Crippen LogP) is 2.95. The van der Waals surface area contributed by atoms with Crippen LogP contribution in [0.4, 0.5) is 28.7 Å². The van der Waals surface area contributed by atoms with Crippen LogP contribution in [0.15, 0.2) is 54.7 Å². The van der Waals surface area contributed by atoms with Crippen LogP contribution in [-0.2, 0) is 0 Å².